The number of β-amino-alcohol motifs (C(OH)–C–C–N with tert-alkyl or cyclic N) is 1. The van der Waals surface area contributed by atoms with E-state index in [1.165, 1.54) is 5.56 Å². The van der Waals surface area contributed by atoms with Crippen LogP contribution in [0.1, 0.15) is 18.4 Å². The first-order valence-corrected chi connectivity index (χ1v) is 8.53. The fourth-order valence-electron chi connectivity index (χ4n) is 3.83. The monoisotopic (exact) mass is 303 g/mol. The van der Waals surface area contributed by atoms with Crippen LogP contribution in [0.2, 0.25) is 0 Å². The molecule has 2 saturated heterocycles. The van der Waals surface area contributed by atoms with Gasteiger partial charge in [0, 0.05) is 45.8 Å². The van der Waals surface area contributed by atoms with Crippen LogP contribution in [0.25, 0.3) is 0 Å². The van der Waals surface area contributed by atoms with Crippen LogP contribution in [0, 0.1) is 0 Å². The third kappa shape index (κ3) is 4.29. The van der Waals surface area contributed by atoms with E-state index < -0.39 is 5.60 Å². The second-order valence-corrected chi connectivity index (χ2v) is 7.10. The van der Waals surface area contributed by atoms with Gasteiger partial charge in [0.1, 0.15) is 0 Å². The highest BCUT2D eigenvalue weighted by atomic mass is 16.3. The SMILES string of the molecule is CN1CCC[C@@](O)(CN2CCN(Cc3ccccc3)CC2)C1. The summed E-state index contributed by atoms with van der Waals surface area (Å²) in [4.78, 5) is 7.22. The molecule has 0 unspecified atom stereocenters. The lowest BCUT2D eigenvalue weighted by atomic mass is 9.92. The van der Waals surface area contributed by atoms with Crippen LogP contribution in [0.15, 0.2) is 30.3 Å². The standard InChI is InChI=1S/C18H29N3O/c1-19-9-5-8-18(22,15-19)16-21-12-10-20(11-13-21)14-17-6-3-2-4-7-17/h2-4,6-7,22H,5,8-16H2,1H3/t18-/m0/s1. The summed E-state index contributed by atoms with van der Waals surface area (Å²) in [6.45, 7) is 8.14. The molecule has 1 atom stereocenters. The molecule has 1 aromatic carbocycles. The highest BCUT2D eigenvalue weighted by molar-refractivity contribution is 5.14. The number of hydrogen-bond acceptors (Lipinski definition) is 4. The predicted molar refractivity (Wildman–Crippen MR) is 89.8 cm³/mol. The number of piperazine rings is 1. The summed E-state index contributed by atoms with van der Waals surface area (Å²) < 4.78 is 0. The highest BCUT2D eigenvalue weighted by Gasteiger charge is 2.34. The summed E-state index contributed by atoms with van der Waals surface area (Å²) >= 11 is 0. The van der Waals surface area contributed by atoms with Crippen molar-refractivity contribution in [3.63, 3.8) is 0 Å². The molecule has 0 aromatic heterocycles. The summed E-state index contributed by atoms with van der Waals surface area (Å²) in [6.07, 6.45) is 2.06. The molecule has 2 aliphatic rings. The Morgan fingerprint density at radius 2 is 1.68 bits per heavy atom. The summed E-state index contributed by atoms with van der Waals surface area (Å²) in [6, 6.07) is 10.7. The summed E-state index contributed by atoms with van der Waals surface area (Å²) in [5.41, 5.74) is 0.887. The van der Waals surface area contributed by atoms with Crippen LogP contribution in [0.4, 0.5) is 0 Å². The third-order valence-electron chi connectivity index (χ3n) is 4.98. The first-order valence-electron chi connectivity index (χ1n) is 8.53. The van der Waals surface area contributed by atoms with Crippen molar-refractivity contribution in [1.29, 1.82) is 0 Å². The number of benzene rings is 1. The summed E-state index contributed by atoms with van der Waals surface area (Å²) in [7, 11) is 2.11. The zero-order chi connectivity index (χ0) is 15.4. The maximum absolute atomic E-state index is 10.8. The van der Waals surface area contributed by atoms with Gasteiger partial charge in [-0.15, -0.1) is 0 Å². The minimum absolute atomic E-state index is 0.505. The van der Waals surface area contributed by atoms with Crippen LogP contribution >= 0.6 is 0 Å². The van der Waals surface area contributed by atoms with E-state index in [2.05, 4.69) is 52.1 Å². The number of hydrogen-bond donors (Lipinski definition) is 1. The molecular formula is C18H29N3O. The Morgan fingerprint density at radius 3 is 2.36 bits per heavy atom. The van der Waals surface area contributed by atoms with Crippen LogP contribution in [0.3, 0.4) is 0 Å². The molecule has 0 radical (unpaired) electrons. The molecule has 2 fully saturated rings. The number of nitrogens with zero attached hydrogens (tertiary/aromatic N) is 3. The summed E-state index contributed by atoms with van der Waals surface area (Å²) in [5.74, 6) is 0. The van der Waals surface area contributed by atoms with Crippen molar-refractivity contribution in [2.75, 3.05) is 52.9 Å². The molecule has 0 bridgehead atoms. The second-order valence-electron chi connectivity index (χ2n) is 7.10. The molecule has 0 saturated carbocycles. The van der Waals surface area contributed by atoms with Gasteiger partial charge in [-0.25, -0.2) is 0 Å². The minimum Gasteiger partial charge on any atom is -0.387 e. The minimum atomic E-state index is -0.505. The van der Waals surface area contributed by atoms with Crippen molar-refractivity contribution in [3.05, 3.63) is 35.9 Å². The fraction of sp³-hybridized carbons (Fsp3) is 0.667. The van der Waals surface area contributed by atoms with E-state index in [9.17, 15) is 5.11 Å². The largest absolute Gasteiger partial charge is 0.387 e. The van der Waals surface area contributed by atoms with E-state index >= 15 is 0 Å². The van der Waals surface area contributed by atoms with Gasteiger partial charge in [0.05, 0.1) is 5.60 Å². The van der Waals surface area contributed by atoms with Gasteiger partial charge in [-0.3, -0.25) is 9.80 Å². The molecule has 0 spiro atoms. The van der Waals surface area contributed by atoms with Crippen LogP contribution in [-0.2, 0) is 6.54 Å². The molecule has 3 rings (SSSR count). The quantitative estimate of drug-likeness (QED) is 0.907. The van der Waals surface area contributed by atoms with Gasteiger partial charge in [-0.2, -0.15) is 0 Å². The molecule has 1 N–H and O–H groups in total. The van der Waals surface area contributed by atoms with Crippen LogP contribution in [-0.4, -0.2) is 78.3 Å². The number of aliphatic hydroxyl groups is 1. The molecule has 22 heavy (non-hydrogen) atoms. The number of rotatable bonds is 4. The fourth-order valence-corrected chi connectivity index (χ4v) is 3.83. The molecule has 0 aliphatic carbocycles. The molecule has 1 aromatic rings. The Kier molecular flexibility index (Phi) is 5.14. The van der Waals surface area contributed by atoms with E-state index in [4.69, 9.17) is 0 Å². The zero-order valence-electron chi connectivity index (χ0n) is 13.7. The lowest BCUT2D eigenvalue weighted by molar-refractivity contribution is -0.0544. The smallest absolute Gasteiger partial charge is 0.0900 e. The number of likely N-dealkylation sites (tertiary alicyclic amines) is 1. The molecule has 2 aliphatic heterocycles. The third-order valence-corrected chi connectivity index (χ3v) is 4.98. The number of piperidine rings is 1. The zero-order valence-corrected chi connectivity index (χ0v) is 13.7. The van der Waals surface area contributed by atoms with Crippen molar-refractivity contribution in [1.82, 2.24) is 14.7 Å². The first kappa shape index (κ1) is 15.9. The normalized spacial score (nSPS) is 28.8. The van der Waals surface area contributed by atoms with Crippen molar-refractivity contribution >= 4 is 0 Å². The average Bonchev–Trinajstić information content (AvgIpc) is 2.50. The Morgan fingerprint density at radius 1 is 1.00 bits per heavy atom. The van der Waals surface area contributed by atoms with Gasteiger partial charge in [0.2, 0.25) is 0 Å². The van der Waals surface area contributed by atoms with Gasteiger partial charge in [-0.1, -0.05) is 30.3 Å². The van der Waals surface area contributed by atoms with Crippen LogP contribution in [0.5, 0.6) is 0 Å². The topological polar surface area (TPSA) is 30.0 Å². The Bertz CT molecular complexity index is 459. The Balaban J connectivity index is 1.45. The van der Waals surface area contributed by atoms with E-state index in [1.807, 2.05) is 0 Å². The van der Waals surface area contributed by atoms with Gasteiger partial charge >= 0.3 is 0 Å². The van der Waals surface area contributed by atoms with Gasteiger partial charge < -0.3 is 10.0 Å². The van der Waals surface area contributed by atoms with E-state index in [-0.39, 0.29) is 0 Å². The highest BCUT2D eigenvalue weighted by Crippen LogP contribution is 2.22. The van der Waals surface area contributed by atoms with Gasteiger partial charge in [0.25, 0.3) is 0 Å². The second kappa shape index (κ2) is 7.09. The van der Waals surface area contributed by atoms with E-state index in [1.54, 1.807) is 0 Å². The van der Waals surface area contributed by atoms with Gasteiger partial charge in [-0.05, 0) is 32.0 Å². The van der Waals surface area contributed by atoms with Crippen molar-refractivity contribution in [3.8, 4) is 0 Å². The van der Waals surface area contributed by atoms with Crippen molar-refractivity contribution in [2.45, 2.75) is 25.0 Å². The maximum atomic E-state index is 10.8. The maximum Gasteiger partial charge on any atom is 0.0900 e. The Labute approximate surface area is 134 Å². The van der Waals surface area contributed by atoms with Crippen molar-refractivity contribution in [2.24, 2.45) is 0 Å². The van der Waals surface area contributed by atoms with E-state index in [0.717, 1.165) is 65.2 Å². The molecular weight excluding hydrogens is 274 g/mol. The Hall–Kier alpha value is -0.940. The lowest BCUT2D eigenvalue weighted by Crippen LogP contribution is -2.56. The first-order chi connectivity index (χ1) is 10.6. The van der Waals surface area contributed by atoms with Gasteiger partial charge in [0.15, 0.2) is 0 Å². The molecule has 4 heteroatoms. The number of likely N-dealkylation sites (N-methyl/N-ethyl adjacent to an activating group) is 1. The lowest BCUT2D eigenvalue weighted by Gasteiger charge is -2.43. The molecule has 2 heterocycles. The van der Waals surface area contributed by atoms with Crippen LogP contribution < -0.4 is 0 Å². The van der Waals surface area contributed by atoms with E-state index in [0.29, 0.717) is 0 Å². The van der Waals surface area contributed by atoms with Crippen molar-refractivity contribution < 1.29 is 5.11 Å². The molecule has 122 valence electrons. The predicted octanol–water partition coefficient (Wildman–Crippen LogP) is 1.26. The average molecular weight is 303 g/mol. The summed E-state index contributed by atoms with van der Waals surface area (Å²) in [5, 5.41) is 10.8. The molecule has 0 amide bonds. The molecule has 4 nitrogen and oxygen atoms in total.